The number of aryl methyl sites for hydroxylation is 2. The van der Waals surface area contributed by atoms with E-state index >= 15 is 0 Å². The number of hydrogen-bond acceptors (Lipinski definition) is 5. The first-order chi connectivity index (χ1) is 13.6. The normalized spacial score (nSPS) is 17.1. The Morgan fingerprint density at radius 3 is 2.38 bits per heavy atom. The van der Waals surface area contributed by atoms with Crippen LogP contribution in [0.2, 0.25) is 0 Å². The Morgan fingerprint density at radius 1 is 1.17 bits per heavy atom. The van der Waals surface area contributed by atoms with E-state index in [0.29, 0.717) is 18.7 Å². The summed E-state index contributed by atoms with van der Waals surface area (Å²) in [6, 6.07) is 4.74. The second-order valence-corrected chi connectivity index (χ2v) is 9.90. The largest absolute Gasteiger partial charge is 0.354 e. The lowest BCUT2D eigenvalue weighted by molar-refractivity contribution is -0.122. The van der Waals surface area contributed by atoms with Crippen LogP contribution in [0, 0.1) is 13.8 Å². The average Bonchev–Trinajstić information content (AvgIpc) is 2.66. The molecular weight excluding hydrogens is 388 g/mol. The van der Waals surface area contributed by atoms with Crippen molar-refractivity contribution in [3.63, 3.8) is 0 Å². The number of nitrogens with one attached hydrogen (secondary N) is 1. The van der Waals surface area contributed by atoms with E-state index < -0.39 is 16.1 Å². The molecule has 0 aromatic heterocycles. The zero-order valence-electron chi connectivity index (χ0n) is 18.4. The number of hydrogen-bond donors (Lipinski definition) is 1. The molecule has 0 bridgehead atoms. The minimum atomic E-state index is -3.60. The van der Waals surface area contributed by atoms with Gasteiger partial charge in [0.25, 0.3) is 0 Å². The molecule has 1 saturated heterocycles. The number of amides is 1. The Balaban J connectivity index is 2.00. The fourth-order valence-corrected chi connectivity index (χ4v) is 4.83. The highest BCUT2D eigenvalue weighted by Crippen LogP contribution is 2.25. The van der Waals surface area contributed by atoms with Crippen LogP contribution in [0.1, 0.15) is 30.9 Å². The summed E-state index contributed by atoms with van der Waals surface area (Å²) in [6.07, 6.45) is 2.42. The van der Waals surface area contributed by atoms with Crippen molar-refractivity contribution in [1.82, 2.24) is 15.1 Å². The van der Waals surface area contributed by atoms with Gasteiger partial charge in [0, 0.05) is 32.7 Å². The molecule has 1 fully saturated rings. The Bertz CT molecular complexity index is 789. The zero-order valence-corrected chi connectivity index (χ0v) is 19.3. The summed E-state index contributed by atoms with van der Waals surface area (Å²) in [6.45, 7) is 11.5. The molecule has 0 spiro atoms. The Kier molecular flexibility index (Phi) is 8.48. The maximum Gasteiger partial charge on any atom is 0.243 e. The second-order valence-electron chi connectivity index (χ2n) is 8.04. The summed E-state index contributed by atoms with van der Waals surface area (Å²) >= 11 is 0. The molecule has 1 aromatic carbocycles. The number of carbonyl (C=O) groups excluding carboxylic acids is 1. The van der Waals surface area contributed by atoms with Crippen LogP contribution >= 0.6 is 0 Å². The van der Waals surface area contributed by atoms with E-state index in [1.165, 1.54) is 4.31 Å². The smallest absolute Gasteiger partial charge is 0.243 e. The van der Waals surface area contributed by atoms with Crippen molar-refractivity contribution in [3.05, 3.63) is 29.3 Å². The van der Waals surface area contributed by atoms with Crippen molar-refractivity contribution in [2.24, 2.45) is 0 Å². The molecule has 8 heteroatoms. The minimum Gasteiger partial charge on any atom is -0.354 e. The predicted molar refractivity (Wildman–Crippen MR) is 119 cm³/mol. The molecule has 7 nitrogen and oxygen atoms in total. The van der Waals surface area contributed by atoms with Crippen molar-refractivity contribution in [2.45, 2.75) is 39.7 Å². The first-order valence-electron chi connectivity index (χ1n) is 10.4. The van der Waals surface area contributed by atoms with Gasteiger partial charge in [-0.3, -0.25) is 9.10 Å². The van der Waals surface area contributed by atoms with Crippen molar-refractivity contribution < 1.29 is 13.2 Å². The molecule has 29 heavy (non-hydrogen) atoms. The quantitative estimate of drug-likeness (QED) is 0.610. The summed E-state index contributed by atoms with van der Waals surface area (Å²) in [4.78, 5) is 17.6. The fraction of sp³-hybridized carbons (Fsp3) is 0.667. The minimum absolute atomic E-state index is 0.241. The van der Waals surface area contributed by atoms with Gasteiger partial charge in [-0.05, 0) is 63.5 Å². The topological polar surface area (TPSA) is 73.0 Å². The highest BCUT2D eigenvalue weighted by molar-refractivity contribution is 7.92. The Morgan fingerprint density at radius 2 is 1.83 bits per heavy atom. The molecule has 1 amide bonds. The molecule has 0 radical (unpaired) electrons. The molecular formula is C21H36N4O3S. The van der Waals surface area contributed by atoms with Crippen LogP contribution < -0.4 is 9.62 Å². The molecule has 1 aromatic rings. The van der Waals surface area contributed by atoms with E-state index in [1.807, 2.05) is 32.9 Å². The third-order valence-corrected chi connectivity index (χ3v) is 6.80. The maximum absolute atomic E-state index is 12.8. The van der Waals surface area contributed by atoms with E-state index in [-0.39, 0.29) is 5.91 Å². The van der Waals surface area contributed by atoms with Crippen LogP contribution in [0.3, 0.4) is 0 Å². The van der Waals surface area contributed by atoms with E-state index in [4.69, 9.17) is 0 Å². The molecule has 2 rings (SSSR count). The van der Waals surface area contributed by atoms with Gasteiger partial charge in [0.1, 0.15) is 6.04 Å². The lowest BCUT2D eigenvalue weighted by Gasteiger charge is -2.32. The van der Waals surface area contributed by atoms with Crippen molar-refractivity contribution in [3.8, 4) is 0 Å². The summed E-state index contributed by atoms with van der Waals surface area (Å²) in [5, 5.41) is 2.95. The van der Waals surface area contributed by atoms with Gasteiger partial charge in [0.05, 0.1) is 11.9 Å². The van der Waals surface area contributed by atoms with E-state index in [1.54, 1.807) is 6.07 Å². The van der Waals surface area contributed by atoms with Gasteiger partial charge >= 0.3 is 0 Å². The van der Waals surface area contributed by atoms with Gasteiger partial charge in [-0.15, -0.1) is 0 Å². The van der Waals surface area contributed by atoms with Gasteiger partial charge in [-0.1, -0.05) is 13.0 Å². The number of benzene rings is 1. The number of piperazine rings is 1. The Labute approximate surface area is 176 Å². The van der Waals surface area contributed by atoms with Crippen LogP contribution in [0.15, 0.2) is 18.2 Å². The first kappa shape index (κ1) is 23.6. The first-order valence-corrected chi connectivity index (χ1v) is 12.2. The van der Waals surface area contributed by atoms with Crippen LogP contribution in [0.25, 0.3) is 0 Å². The summed E-state index contributed by atoms with van der Waals surface area (Å²) in [5.74, 6) is -0.241. The number of sulfonamides is 1. The monoisotopic (exact) mass is 424 g/mol. The van der Waals surface area contributed by atoms with Gasteiger partial charge in [0.15, 0.2) is 0 Å². The molecule has 0 saturated carbocycles. The fourth-order valence-electron chi connectivity index (χ4n) is 3.63. The second kappa shape index (κ2) is 10.4. The average molecular weight is 425 g/mol. The number of anilines is 1. The number of carbonyl (C=O) groups is 1. The van der Waals surface area contributed by atoms with Crippen molar-refractivity contribution in [1.29, 1.82) is 0 Å². The zero-order chi connectivity index (χ0) is 21.6. The standard InChI is InChI=1S/C21H36N4O3S/c1-6-20(21(26)22-10-7-11-24-14-12-23(4)13-15-24)25(29(5,27)28)19-9-8-17(2)18(3)16-19/h8-9,16,20H,6-7,10-15H2,1-5H3,(H,22,26). The maximum atomic E-state index is 12.8. The van der Waals surface area contributed by atoms with Gasteiger partial charge in [0.2, 0.25) is 15.9 Å². The van der Waals surface area contributed by atoms with Gasteiger partial charge in [-0.2, -0.15) is 0 Å². The summed E-state index contributed by atoms with van der Waals surface area (Å²) < 4.78 is 26.3. The van der Waals surface area contributed by atoms with E-state index in [0.717, 1.165) is 56.5 Å². The van der Waals surface area contributed by atoms with Crippen LogP contribution in [0.4, 0.5) is 5.69 Å². The Hall–Kier alpha value is -1.64. The lowest BCUT2D eigenvalue weighted by Crippen LogP contribution is -2.50. The van der Waals surface area contributed by atoms with Crippen molar-refractivity contribution in [2.75, 3.05) is 56.9 Å². The van der Waals surface area contributed by atoms with Gasteiger partial charge in [-0.25, -0.2) is 8.42 Å². The molecule has 0 aliphatic carbocycles. The molecule has 1 N–H and O–H groups in total. The van der Waals surface area contributed by atoms with Crippen LogP contribution in [-0.2, 0) is 14.8 Å². The molecule has 164 valence electrons. The molecule has 1 heterocycles. The molecule has 1 unspecified atom stereocenters. The molecule has 1 aliphatic rings. The van der Waals surface area contributed by atoms with Crippen LogP contribution in [-0.4, -0.2) is 82.7 Å². The number of likely N-dealkylation sites (N-methyl/N-ethyl adjacent to an activating group) is 1. The van der Waals surface area contributed by atoms with E-state index in [9.17, 15) is 13.2 Å². The van der Waals surface area contributed by atoms with Gasteiger partial charge < -0.3 is 15.1 Å². The number of rotatable bonds is 9. The predicted octanol–water partition coefficient (Wildman–Crippen LogP) is 1.60. The van der Waals surface area contributed by atoms with Crippen LogP contribution in [0.5, 0.6) is 0 Å². The summed E-state index contributed by atoms with van der Waals surface area (Å²) in [7, 11) is -1.47. The van der Waals surface area contributed by atoms with Crippen molar-refractivity contribution >= 4 is 21.6 Å². The summed E-state index contributed by atoms with van der Waals surface area (Å²) in [5.41, 5.74) is 2.62. The molecule has 1 aliphatic heterocycles. The number of nitrogens with zero attached hydrogens (tertiary/aromatic N) is 3. The highest BCUT2D eigenvalue weighted by atomic mass is 32.2. The van der Waals surface area contributed by atoms with E-state index in [2.05, 4.69) is 22.2 Å². The molecule has 1 atom stereocenters. The third-order valence-electron chi connectivity index (χ3n) is 5.62. The SMILES string of the molecule is CCC(C(=O)NCCCN1CCN(C)CC1)N(c1ccc(C)c(C)c1)S(C)(=O)=O. The lowest BCUT2D eigenvalue weighted by atomic mass is 10.1. The third kappa shape index (κ3) is 6.69. The highest BCUT2D eigenvalue weighted by Gasteiger charge is 2.31.